The molecule has 7 aromatic rings. The fraction of sp³-hybridized carbons (Fsp3) is 0.397. The van der Waals surface area contributed by atoms with Crippen molar-refractivity contribution in [3.8, 4) is 40.3 Å². The minimum absolute atomic E-state index is 0.00421. The monoisotopic (exact) mass is 1110 g/mol. The van der Waals surface area contributed by atoms with Gasteiger partial charge in [0.15, 0.2) is 11.4 Å². The molecule has 4 aromatic heterocycles. The summed E-state index contributed by atoms with van der Waals surface area (Å²) in [5.41, 5.74) is 7.58. The van der Waals surface area contributed by atoms with Crippen molar-refractivity contribution in [1.82, 2.24) is 29.3 Å². The molecule has 2 bridgehead atoms. The van der Waals surface area contributed by atoms with Crippen LogP contribution in [0.4, 0.5) is 24.0 Å². The number of nitrogen functional groups attached to an aromatic ring is 1. The number of nitrogens with zero attached hydrogens (tertiary/aromatic N) is 8. The number of halogens is 4. The molecule has 6 atom stereocenters. The van der Waals surface area contributed by atoms with Gasteiger partial charge in [0.05, 0.1) is 61.9 Å². The molecule has 21 heteroatoms. The number of carbonyl (C=O) groups excluding carboxylic acids is 2. The predicted octanol–water partition coefficient (Wildman–Crippen LogP) is 9.01. The third kappa shape index (κ3) is 7.73. The molecule has 6 aliphatic heterocycles. The van der Waals surface area contributed by atoms with E-state index in [1.54, 1.807) is 36.6 Å². The van der Waals surface area contributed by atoms with E-state index in [2.05, 4.69) is 16.5 Å². The molecule has 1 amide bonds. The Hall–Kier alpha value is -7.31. The lowest BCUT2D eigenvalue weighted by molar-refractivity contribution is -0.172. The molecule has 3 N–H and O–H groups in total. The van der Waals surface area contributed by atoms with E-state index in [1.807, 2.05) is 34.9 Å². The number of hydrogen-bond acceptors (Lipinski definition) is 15. The first-order valence-electron chi connectivity index (χ1n) is 26.6. The van der Waals surface area contributed by atoms with E-state index in [9.17, 15) is 29.1 Å². The van der Waals surface area contributed by atoms with Gasteiger partial charge in [-0.15, -0.1) is 11.3 Å². The Morgan fingerprint density at radius 1 is 1.08 bits per heavy atom. The summed E-state index contributed by atoms with van der Waals surface area (Å²) in [6, 6.07) is 12.6. The molecule has 406 valence electrons. The number of benzene rings is 3. The van der Waals surface area contributed by atoms with Crippen molar-refractivity contribution in [2.24, 2.45) is 0 Å². The number of hydrogen-bond donors (Lipinski definition) is 2. The Labute approximate surface area is 459 Å². The van der Waals surface area contributed by atoms with E-state index in [0.29, 0.717) is 73.8 Å². The summed E-state index contributed by atoms with van der Waals surface area (Å²) in [6.45, 7) is 11.5. The molecule has 79 heavy (non-hydrogen) atoms. The number of pyridine rings is 2. The Morgan fingerprint density at radius 2 is 1.86 bits per heavy atom. The lowest BCUT2D eigenvalue weighted by atomic mass is 9.86. The van der Waals surface area contributed by atoms with Gasteiger partial charge in [0, 0.05) is 64.5 Å². The summed E-state index contributed by atoms with van der Waals surface area (Å²) in [5, 5.41) is 22.7. The molecule has 0 saturated carbocycles. The SMILES string of the molecule is C=C(C(=O)N1C2CCC1CN(c1nc(OC[C@@]34CCCN3C[C@H](F)C4)nc3c(F)c(-c4ccc(F)c5sc(N)c(C#N)c45)c(Cl)cc13)C2)[C@@H](C)Oc1ccc2nc3c(c(CC)c2c1)Cn1c-3cc2c(c1=O)COC(=O)[C@]2(O)CC. The minimum Gasteiger partial charge on any atom is -0.486 e. The highest BCUT2D eigenvalue weighted by molar-refractivity contribution is 7.23. The molecule has 13 rings (SSSR count). The molecule has 6 aliphatic rings. The first-order valence-corrected chi connectivity index (χ1v) is 27.8. The summed E-state index contributed by atoms with van der Waals surface area (Å²) < 4.78 is 67.5. The Bertz CT molecular complexity index is 3950. The Kier molecular flexibility index (Phi) is 12.1. The van der Waals surface area contributed by atoms with Crippen LogP contribution in [0.25, 0.3) is 54.4 Å². The minimum atomic E-state index is -1.94. The molecule has 3 aromatic carbocycles. The van der Waals surface area contributed by atoms with Gasteiger partial charge >= 0.3 is 12.0 Å². The van der Waals surface area contributed by atoms with Crippen LogP contribution in [-0.4, -0.2) is 109 Å². The van der Waals surface area contributed by atoms with Crippen LogP contribution in [0.2, 0.25) is 5.02 Å². The Morgan fingerprint density at radius 3 is 2.61 bits per heavy atom. The number of alkyl halides is 1. The molecule has 4 saturated heterocycles. The molecular weight excluding hydrogens is 1060 g/mol. The van der Waals surface area contributed by atoms with Gasteiger partial charge in [-0.25, -0.2) is 22.9 Å². The number of piperazine rings is 1. The van der Waals surface area contributed by atoms with Crippen molar-refractivity contribution in [3.63, 3.8) is 0 Å². The van der Waals surface area contributed by atoms with Crippen molar-refractivity contribution in [2.45, 2.75) is 114 Å². The highest BCUT2D eigenvalue weighted by Crippen LogP contribution is 2.48. The second-order valence-corrected chi connectivity index (χ2v) is 23.2. The average Bonchev–Trinajstić information content (AvgIpc) is 4.30. The van der Waals surface area contributed by atoms with E-state index < -0.39 is 41.0 Å². The second-order valence-electron chi connectivity index (χ2n) is 21.7. The molecular formula is C58H53ClF3N9O7S. The molecule has 0 spiro atoms. The van der Waals surface area contributed by atoms with Gasteiger partial charge in [0.1, 0.15) is 59.5 Å². The zero-order valence-corrected chi connectivity index (χ0v) is 45.0. The maximum atomic E-state index is 17.6. The lowest BCUT2D eigenvalue weighted by Gasteiger charge is -2.42. The second kappa shape index (κ2) is 18.6. The normalized spacial score (nSPS) is 23.4. The van der Waals surface area contributed by atoms with Crippen molar-refractivity contribution in [1.29, 1.82) is 5.26 Å². The summed E-state index contributed by atoms with van der Waals surface area (Å²) in [7, 11) is 0. The van der Waals surface area contributed by atoms with Crippen LogP contribution in [0.5, 0.6) is 11.8 Å². The number of thiophene rings is 1. The number of esters is 1. The van der Waals surface area contributed by atoms with E-state index in [1.165, 1.54) is 12.1 Å². The number of ether oxygens (including phenoxy) is 3. The predicted molar refractivity (Wildman–Crippen MR) is 292 cm³/mol. The van der Waals surface area contributed by atoms with Crippen LogP contribution in [0.3, 0.4) is 0 Å². The van der Waals surface area contributed by atoms with E-state index >= 15 is 8.78 Å². The molecule has 4 fully saturated rings. The number of carbonyl (C=O) groups is 2. The standard InChI is InChI=1S/C58H53ClF3N9O7S/c1-5-33-35-16-32(10-13-43(35)65-48-38(33)24-70-44(48)18-40-39(54(70)73)25-76-55(74)58(40,75)6-2)78-28(4)27(3)53(72)71-30-8-9-31(71)23-68(22-30)52-36-17-41(59)46(34-11-12-42(61)50-45(34)37(20-63)51(64)79-50)47(62)49(36)66-56(67-52)77-26-57-14-7-15-69(57)21-29(60)19-57/h10-13,16-18,28-31,75H,3,5-9,14-15,19,21-26,64H2,1-2,4H3/t28-,29-,30?,31?,57+,58+/m1/s1. The van der Waals surface area contributed by atoms with Crippen LogP contribution >= 0.6 is 22.9 Å². The van der Waals surface area contributed by atoms with Gasteiger partial charge in [0.2, 0.25) is 0 Å². The number of aryl methyl sites for hydroxylation is 1. The van der Waals surface area contributed by atoms with Crippen molar-refractivity contribution in [3.05, 3.63) is 109 Å². The van der Waals surface area contributed by atoms with Crippen LogP contribution < -0.4 is 25.7 Å². The van der Waals surface area contributed by atoms with Gasteiger partial charge in [-0.2, -0.15) is 15.2 Å². The zero-order valence-electron chi connectivity index (χ0n) is 43.4. The van der Waals surface area contributed by atoms with Crippen LogP contribution in [-0.2, 0) is 39.5 Å². The van der Waals surface area contributed by atoms with E-state index in [4.69, 9.17) is 41.5 Å². The zero-order chi connectivity index (χ0) is 55.1. The van der Waals surface area contributed by atoms with Crippen molar-refractivity contribution < 1.29 is 42.1 Å². The number of cyclic esters (lactones) is 1. The summed E-state index contributed by atoms with van der Waals surface area (Å²) in [6.07, 6.45) is 2.10. The third-order valence-corrected chi connectivity index (χ3v) is 18.8. The Balaban J connectivity index is 0.782. The van der Waals surface area contributed by atoms with E-state index in [-0.39, 0.29) is 120 Å². The van der Waals surface area contributed by atoms with Gasteiger partial charge in [-0.3, -0.25) is 14.5 Å². The number of amides is 1. The number of nitriles is 1. The third-order valence-electron chi connectivity index (χ3n) is 17.5. The number of aliphatic hydroxyl groups is 1. The first kappa shape index (κ1) is 51.1. The number of fused-ring (bicyclic) bond motifs is 10. The maximum Gasteiger partial charge on any atom is 0.343 e. The molecule has 0 aliphatic carbocycles. The van der Waals surface area contributed by atoms with Crippen LogP contribution in [0, 0.1) is 23.0 Å². The highest BCUT2D eigenvalue weighted by atomic mass is 35.5. The van der Waals surface area contributed by atoms with Gasteiger partial charge < -0.3 is 39.4 Å². The fourth-order valence-electron chi connectivity index (χ4n) is 13.5. The number of rotatable bonds is 11. The van der Waals surface area contributed by atoms with Gasteiger partial charge in [-0.05, 0) is 99.5 Å². The largest absolute Gasteiger partial charge is 0.486 e. The highest BCUT2D eigenvalue weighted by Gasteiger charge is 2.50. The van der Waals surface area contributed by atoms with Crippen LogP contribution in [0.15, 0.2) is 59.4 Å². The summed E-state index contributed by atoms with van der Waals surface area (Å²) in [5.74, 6) is -1.70. The molecule has 16 nitrogen and oxygen atoms in total. The number of anilines is 2. The first-order chi connectivity index (χ1) is 37.9. The number of nitrogens with two attached hydrogens (primary N) is 1. The smallest absolute Gasteiger partial charge is 0.343 e. The summed E-state index contributed by atoms with van der Waals surface area (Å²) in [4.78, 5) is 61.8. The molecule has 0 radical (unpaired) electrons. The summed E-state index contributed by atoms with van der Waals surface area (Å²) >= 11 is 7.93. The quantitative estimate of drug-likeness (QED) is 0.0918. The van der Waals surface area contributed by atoms with Gasteiger partial charge in [0.25, 0.3) is 11.5 Å². The lowest BCUT2D eigenvalue weighted by Crippen LogP contribution is -2.57. The fourth-order valence-corrected chi connectivity index (χ4v) is 14.8. The maximum absolute atomic E-state index is 17.6. The topological polar surface area (TPSA) is 202 Å². The van der Waals surface area contributed by atoms with Crippen molar-refractivity contribution in [2.75, 3.05) is 43.4 Å². The van der Waals surface area contributed by atoms with Gasteiger partial charge in [-0.1, -0.05) is 38.1 Å². The number of aromatic nitrogens is 4. The average molecular weight is 1110 g/mol. The molecule has 10 heterocycles. The molecule has 2 unspecified atom stereocenters. The van der Waals surface area contributed by atoms with E-state index in [0.717, 1.165) is 47.2 Å². The van der Waals surface area contributed by atoms with Crippen LogP contribution in [0.1, 0.15) is 87.1 Å². The van der Waals surface area contributed by atoms with Crippen molar-refractivity contribution >= 4 is 77.5 Å².